The Morgan fingerprint density at radius 3 is 2.60 bits per heavy atom. The lowest BCUT2D eigenvalue weighted by Crippen LogP contribution is -2.06. The molecule has 0 aliphatic heterocycles. The van der Waals surface area contributed by atoms with Crippen LogP contribution < -0.4 is 5.73 Å². The lowest BCUT2D eigenvalue weighted by molar-refractivity contribution is 0.300. The Bertz CT molecular complexity index is 330. The van der Waals surface area contributed by atoms with Crippen LogP contribution in [0, 0.1) is 0 Å². The number of benzene rings is 1. The Morgan fingerprint density at radius 1 is 1.47 bits per heavy atom. The molecule has 2 atom stereocenters. The van der Waals surface area contributed by atoms with Gasteiger partial charge in [-0.2, -0.15) is 0 Å². The fourth-order valence-electron chi connectivity index (χ4n) is 1.22. The van der Waals surface area contributed by atoms with E-state index in [-0.39, 0.29) is 17.9 Å². The Morgan fingerprint density at radius 2 is 2.13 bits per heavy atom. The molecule has 0 heterocycles. The van der Waals surface area contributed by atoms with Gasteiger partial charge in [0.25, 0.3) is 0 Å². The minimum absolute atomic E-state index is 0.0358. The van der Waals surface area contributed by atoms with Crippen molar-refractivity contribution in [1.82, 2.24) is 0 Å². The SMILES string of the molecule is CC(CO)Sc1ccc([C@@H](C)N)c(Br)c1. The lowest BCUT2D eigenvalue weighted by atomic mass is 10.1. The average Bonchev–Trinajstić information content (AvgIpc) is 2.17. The van der Waals surface area contributed by atoms with Crippen LogP contribution in [0.3, 0.4) is 0 Å². The number of aliphatic hydroxyl groups excluding tert-OH is 1. The van der Waals surface area contributed by atoms with E-state index >= 15 is 0 Å². The molecule has 0 spiro atoms. The van der Waals surface area contributed by atoms with Crippen LogP contribution in [0.1, 0.15) is 25.5 Å². The Hall–Kier alpha value is -0.0300. The molecule has 0 saturated carbocycles. The molecule has 0 aliphatic rings. The number of hydrogen-bond donors (Lipinski definition) is 2. The highest BCUT2D eigenvalue weighted by Gasteiger charge is 2.08. The number of halogens is 1. The van der Waals surface area contributed by atoms with Gasteiger partial charge in [0.2, 0.25) is 0 Å². The van der Waals surface area contributed by atoms with Gasteiger partial charge in [-0.15, -0.1) is 11.8 Å². The molecule has 1 aromatic carbocycles. The van der Waals surface area contributed by atoms with Crippen LogP contribution in [-0.4, -0.2) is 17.0 Å². The van der Waals surface area contributed by atoms with E-state index < -0.39 is 0 Å². The zero-order chi connectivity index (χ0) is 11.4. The van der Waals surface area contributed by atoms with Crippen molar-refractivity contribution in [2.45, 2.75) is 30.0 Å². The summed E-state index contributed by atoms with van der Waals surface area (Å²) in [7, 11) is 0. The second kappa shape index (κ2) is 5.89. The van der Waals surface area contributed by atoms with Gasteiger partial charge in [0.1, 0.15) is 0 Å². The van der Waals surface area contributed by atoms with Crippen LogP contribution in [0.15, 0.2) is 27.6 Å². The van der Waals surface area contributed by atoms with Crippen molar-refractivity contribution >= 4 is 27.7 Å². The molecule has 4 heteroatoms. The summed E-state index contributed by atoms with van der Waals surface area (Å²) in [5, 5.41) is 9.18. The number of thioether (sulfide) groups is 1. The summed E-state index contributed by atoms with van der Waals surface area (Å²) in [4.78, 5) is 1.15. The first-order chi connectivity index (χ1) is 7.04. The number of hydrogen-bond acceptors (Lipinski definition) is 3. The summed E-state index contributed by atoms with van der Waals surface area (Å²) >= 11 is 5.16. The summed E-state index contributed by atoms with van der Waals surface area (Å²) in [6.07, 6.45) is 0. The first kappa shape index (κ1) is 13.0. The van der Waals surface area contributed by atoms with E-state index in [2.05, 4.69) is 22.0 Å². The predicted molar refractivity (Wildman–Crippen MR) is 69.1 cm³/mol. The Labute approximate surface area is 103 Å². The maximum Gasteiger partial charge on any atom is 0.0550 e. The fraction of sp³-hybridized carbons (Fsp3) is 0.455. The monoisotopic (exact) mass is 289 g/mol. The van der Waals surface area contributed by atoms with Crippen molar-refractivity contribution in [1.29, 1.82) is 0 Å². The number of nitrogens with two attached hydrogens (primary N) is 1. The van der Waals surface area contributed by atoms with E-state index in [1.54, 1.807) is 11.8 Å². The van der Waals surface area contributed by atoms with Gasteiger partial charge in [-0.3, -0.25) is 0 Å². The average molecular weight is 290 g/mol. The van der Waals surface area contributed by atoms with Crippen molar-refractivity contribution < 1.29 is 5.11 Å². The maximum atomic E-state index is 8.96. The third-order valence-electron chi connectivity index (χ3n) is 2.06. The van der Waals surface area contributed by atoms with E-state index in [0.717, 1.165) is 14.9 Å². The van der Waals surface area contributed by atoms with Gasteiger partial charge in [-0.1, -0.05) is 28.9 Å². The quantitative estimate of drug-likeness (QED) is 0.838. The predicted octanol–water partition coefficient (Wildman–Crippen LogP) is 2.94. The van der Waals surface area contributed by atoms with E-state index in [0.29, 0.717) is 0 Å². The zero-order valence-electron chi connectivity index (χ0n) is 8.90. The molecule has 1 rings (SSSR count). The first-order valence-corrected chi connectivity index (χ1v) is 6.54. The van der Waals surface area contributed by atoms with E-state index in [1.165, 1.54) is 0 Å². The van der Waals surface area contributed by atoms with E-state index in [9.17, 15) is 0 Å². The molecular formula is C11H16BrNOS. The minimum atomic E-state index is 0.0358. The van der Waals surface area contributed by atoms with E-state index in [4.69, 9.17) is 10.8 Å². The lowest BCUT2D eigenvalue weighted by Gasteiger charge is -2.12. The molecule has 0 radical (unpaired) electrons. The van der Waals surface area contributed by atoms with Crippen LogP contribution in [0.4, 0.5) is 0 Å². The standard InChI is InChI=1S/C11H16BrNOS/c1-7(6-14)15-9-3-4-10(8(2)13)11(12)5-9/h3-5,7-8,14H,6,13H2,1-2H3/t7?,8-/m1/s1. The van der Waals surface area contributed by atoms with Crippen LogP contribution in [0.25, 0.3) is 0 Å². The summed E-state index contributed by atoms with van der Waals surface area (Å²) in [6, 6.07) is 6.16. The smallest absolute Gasteiger partial charge is 0.0550 e. The van der Waals surface area contributed by atoms with Crippen LogP contribution >= 0.6 is 27.7 Å². The molecule has 84 valence electrons. The third kappa shape index (κ3) is 3.79. The van der Waals surface area contributed by atoms with Gasteiger partial charge in [0.15, 0.2) is 0 Å². The third-order valence-corrected chi connectivity index (χ3v) is 3.82. The van der Waals surface area contributed by atoms with Gasteiger partial charge in [-0.25, -0.2) is 0 Å². The highest BCUT2D eigenvalue weighted by Crippen LogP contribution is 2.29. The normalized spacial score (nSPS) is 15.0. The van der Waals surface area contributed by atoms with Gasteiger partial charge >= 0.3 is 0 Å². The maximum absolute atomic E-state index is 8.96. The fourth-order valence-corrected chi connectivity index (χ4v) is 2.98. The topological polar surface area (TPSA) is 46.2 Å². The number of aliphatic hydroxyl groups is 1. The van der Waals surface area contributed by atoms with Crippen molar-refractivity contribution in [3.05, 3.63) is 28.2 Å². The summed E-state index contributed by atoms with van der Waals surface area (Å²) < 4.78 is 1.03. The van der Waals surface area contributed by atoms with Crippen LogP contribution in [0.2, 0.25) is 0 Å². The van der Waals surface area contributed by atoms with Crippen molar-refractivity contribution in [2.75, 3.05) is 6.61 Å². The van der Waals surface area contributed by atoms with Gasteiger partial charge in [0.05, 0.1) is 6.61 Å². The molecule has 0 bridgehead atoms. The Kier molecular flexibility index (Phi) is 5.12. The van der Waals surface area contributed by atoms with E-state index in [1.807, 2.05) is 26.0 Å². The molecule has 2 nitrogen and oxygen atoms in total. The largest absolute Gasteiger partial charge is 0.395 e. The van der Waals surface area contributed by atoms with Crippen molar-refractivity contribution in [2.24, 2.45) is 5.73 Å². The van der Waals surface area contributed by atoms with Gasteiger partial charge in [0, 0.05) is 20.7 Å². The Balaban J connectivity index is 2.82. The van der Waals surface area contributed by atoms with Crippen molar-refractivity contribution in [3.8, 4) is 0 Å². The molecule has 0 aliphatic carbocycles. The summed E-state index contributed by atoms with van der Waals surface area (Å²) in [5.74, 6) is 0. The van der Waals surface area contributed by atoms with Crippen LogP contribution in [0.5, 0.6) is 0 Å². The second-order valence-electron chi connectivity index (χ2n) is 3.58. The van der Waals surface area contributed by atoms with Gasteiger partial charge < -0.3 is 10.8 Å². The number of rotatable bonds is 4. The molecule has 0 aromatic heterocycles. The molecule has 0 saturated heterocycles. The molecule has 3 N–H and O–H groups in total. The molecule has 1 aromatic rings. The summed E-state index contributed by atoms with van der Waals surface area (Å²) in [5.41, 5.74) is 6.92. The minimum Gasteiger partial charge on any atom is -0.395 e. The first-order valence-electron chi connectivity index (χ1n) is 4.87. The van der Waals surface area contributed by atoms with Gasteiger partial charge in [-0.05, 0) is 24.6 Å². The molecule has 1 unspecified atom stereocenters. The second-order valence-corrected chi connectivity index (χ2v) is 5.95. The molecule has 0 fully saturated rings. The molecule has 15 heavy (non-hydrogen) atoms. The molecular weight excluding hydrogens is 274 g/mol. The molecule has 0 amide bonds. The highest BCUT2D eigenvalue weighted by molar-refractivity contribution is 9.10. The zero-order valence-corrected chi connectivity index (χ0v) is 11.3. The summed E-state index contributed by atoms with van der Waals surface area (Å²) in [6.45, 7) is 4.15. The highest BCUT2D eigenvalue weighted by atomic mass is 79.9. The van der Waals surface area contributed by atoms with Crippen LogP contribution in [-0.2, 0) is 0 Å². The van der Waals surface area contributed by atoms with Crippen molar-refractivity contribution in [3.63, 3.8) is 0 Å².